The molecule has 3 aromatic heterocycles. The third-order valence-corrected chi connectivity index (χ3v) is 20.6. The highest BCUT2D eigenvalue weighted by molar-refractivity contribution is 7.10. The molecule has 7 atom stereocenters. The van der Waals surface area contributed by atoms with E-state index in [1.165, 1.54) is 37.0 Å². The Morgan fingerprint density at radius 1 is 0.949 bits per heavy atom. The first-order valence-electron chi connectivity index (χ1n) is 30.2. The van der Waals surface area contributed by atoms with Crippen LogP contribution in [0.25, 0.3) is 33.4 Å². The van der Waals surface area contributed by atoms with Gasteiger partial charge in [0.05, 0.1) is 52.7 Å². The van der Waals surface area contributed by atoms with Crippen LogP contribution in [0.15, 0.2) is 35.8 Å². The van der Waals surface area contributed by atoms with Gasteiger partial charge in [-0.1, -0.05) is 32.8 Å². The Balaban J connectivity index is 0.822. The van der Waals surface area contributed by atoms with E-state index in [0.717, 1.165) is 159 Å². The minimum atomic E-state index is -0.928. The first kappa shape index (κ1) is 53.3. The maximum absolute atomic E-state index is 15.2. The molecular formula is C61H83N11O6S. The lowest BCUT2D eigenvalue weighted by Gasteiger charge is -2.37. The molecule has 9 aliphatic rings. The lowest BCUT2D eigenvalue weighted by molar-refractivity contribution is -0.155. The molecule has 79 heavy (non-hydrogen) atoms. The number of carbonyl (C=O) groups excluding carboxylic acids is 4. The van der Waals surface area contributed by atoms with Crippen molar-refractivity contribution >= 4 is 51.6 Å². The summed E-state index contributed by atoms with van der Waals surface area (Å²) in [5, 5.41) is 12.3. The van der Waals surface area contributed by atoms with Gasteiger partial charge in [0, 0.05) is 123 Å². The van der Waals surface area contributed by atoms with E-state index < -0.39 is 23.5 Å². The molecule has 3 amide bonds. The standard InChI is InChI=1S/C61H83N11O6S/c1-6-71-49-18-15-40-28-43(49)45(55(71)44-29-42(32-62-51(44)37(2)77-5)68-26-24-67(25-27-68)41-16-17-41)31-60(3,4)36-78-59(76)46-12-9-21-72(66-46)57(74)47(30-50-63-48(40)33-79-50)64-56(73)54(39-10-7-8-11-39)69-22-19-61(34-69)20-23-70(35-61)58(75)53-52(65-53)38-13-14-38/h15,18,28-29,32-33,37-39,41,46-47,52-54,65-66H,6-14,16-17,19-27,30-31,34-36H2,1-5H3,(H,64,73)/t37-,46-,47-,52?,53+,54?,61-/m0/s1. The zero-order valence-electron chi connectivity index (χ0n) is 47.3. The van der Waals surface area contributed by atoms with Gasteiger partial charge in [-0.2, -0.15) is 0 Å². The zero-order valence-corrected chi connectivity index (χ0v) is 48.1. The summed E-state index contributed by atoms with van der Waals surface area (Å²) in [5.74, 6) is 0.295. The summed E-state index contributed by atoms with van der Waals surface area (Å²) in [6, 6.07) is 8.01. The number of hydrogen-bond donors (Lipinski definition) is 3. The third-order valence-electron chi connectivity index (χ3n) is 19.7. The SMILES string of the molecule is CCn1c(-c2cc(N3CCN(C4CC4)CC3)cnc2[C@H](C)OC)c2c3cc(ccc31)-c1csc(n1)C[C@H](NC(=O)C(C1CCCC1)N1CC[C@]3(CCN(C(=O)[C@@H]4NC4C4CC4)C3)C1)C(=O)N1CCC[C@H](N1)C(=O)OCC(C)(C)C2. The van der Waals surface area contributed by atoms with Crippen molar-refractivity contribution < 1.29 is 28.7 Å². The molecule has 8 fully saturated rings. The van der Waals surface area contributed by atoms with E-state index in [1.54, 1.807) is 12.1 Å². The number of nitrogens with zero attached hydrogens (tertiary/aromatic N) is 8. The monoisotopic (exact) mass is 1100 g/mol. The van der Waals surface area contributed by atoms with Crippen LogP contribution in [0.5, 0.6) is 0 Å². The molecule has 3 N–H and O–H groups in total. The van der Waals surface area contributed by atoms with Gasteiger partial charge in [0.2, 0.25) is 11.8 Å². The number of thiazole rings is 1. The van der Waals surface area contributed by atoms with Crippen LogP contribution in [0.1, 0.15) is 127 Å². The Bertz CT molecular complexity index is 2970. The Morgan fingerprint density at radius 3 is 2.51 bits per heavy atom. The minimum absolute atomic E-state index is 0.0266. The number of ether oxygens (including phenoxy) is 2. The van der Waals surface area contributed by atoms with E-state index in [0.29, 0.717) is 37.8 Å². The van der Waals surface area contributed by atoms with E-state index >= 15 is 9.59 Å². The quantitative estimate of drug-likeness (QED) is 0.101. The van der Waals surface area contributed by atoms with Gasteiger partial charge in [0.15, 0.2) is 0 Å². The number of aromatic nitrogens is 3. The van der Waals surface area contributed by atoms with Gasteiger partial charge in [0.25, 0.3) is 5.91 Å². The van der Waals surface area contributed by atoms with Crippen molar-refractivity contribution in [3.8, 4) is 22.5 Å². The van der Waals surface area contributed by atoms with Crippen molar-refractivity contribution in [1.29, 1.82) is 0 Å². The number of hydrazine groups is 1. The van der Waals surface area contributed by atoms with Crippen LogP contribution >= 0.6 is 11.3 Å². The van der Waals surface area contributed by atoms with Crippen LogP contribution in [0, 0.1) is 22.7 Å². The van der Waals surface area contributed by atoms with E-state index in [-0.39, 0.29) is 60.3 Å². The van der Waals surface area contributed by atoms with E-state index in [9.17, 15) is 9.59 Å². The summed E-state index contributed by atoms with van der Waals surface area (Å²) in [5.41, 5.74) is 10.9. The first-order chi connectivity index (χ1) is 38.3. The largest absolute Gasteiger partial charge is 0.464 e. The normalized spacial score (nSPS) is 28.8. The van der Waals surface area contributed by atoms with E-state index in [2.05, 4.69) is 97.6 Å². The fourth-order valence-corrected chi connectivity index (χ4v) is 15.7. The number of pyridine rings is 1. The summed E-state index contributed by atoms with van der Waals surface area (Å²) < 4.78 is 14.8. The van der Waals surface area contributed by atoms with Crippen LogP contribution in [0.2, 0.25) is 0 Å². The average molecular weight is 1100 g/mol. The number of nitrogens with one attached hydrogen (secondary N) is 3. The molecule has 424 valence electrons. The molecule has 9 heterocycles. The molecule has 6 aliphatic heterocycles. The van der Waals surface area contributed by atoms with Crippen molar-refractivity contribution in [3.05, 3.63) is 52.1 Å². The maximum atomic E-state index is 15.2. The number of likely N-dealkylation sites (tertiary alicyclic amines) is 2. The smallest absolute Gasteiger partial charge is 0.324 e. The average Bonchev–Trinajstić information content (AvgIpc) is 4.56. The molecule has 0 radical (unpaired) electrons. The highest BCUT2D eigenvalue weighted by atomic mass is 32.1. The molecule has 6 bridgehead atoms. The molecule has 3 aliphatic carbocycles. The predicted molar refractivity (Wildman–Crippen MR) is 305 cm³/mol. The number of esters is 1. The second-order valence-electron chi connectivity index (χ2n) is 25.9. The van der Waals surface area contributed by atoms with Crippen LogP contribution in [-0.4, -0.2) is 167 Å². The fourth-order valence-electron chi connectivity index (χ4n) is 14.9. The number of anilines is 1. The number of fused-ring (bicyclic) bond motifs is 6. The lowest BCUT2D eigenvalue weighted by atomic mass is 9.84. The van der Waals surface area contributed by atoms with E-state index in [1.807, 2.05) is 6.20 Å². The van der Waals surface area contributed by atoms with Gasteiger partial charge in [-0.3, -0.25) is 44.3 Å². The Hall–Kier alpha value is -4.98. The molecule has 5 saturated heterocycles. The van der Waals surface area contributed by atoms with Crippen LogP contribution in [0.4, 0.5) is 5.69 Å². The molecule has 2 unspecified atom stereocenters. The van der Waals surface area contributed by atoms with Crippen molar-refractivity contribution in [2.75, 3.05) is 77.5 Å². The van der Waals surface area contributed by atoms with Crippen LogP contribution in [-0.2, 0) is 48.0 Å². The van der Waals surface area contributed by atoms with Gasteiger partial charge in [0.1, 0.15) is 18.1 Å². The molecule has 13 rings (SSSR count). The Morgan fingerprint density at radius 2 is 1.75 bits per heavy atom. The molecule has 3 saturated carbocycles. The number of cyclic esters (lactones) is 1. The van der Waals surface area contributed by atoms with Gasteiger partial charge in [-0.25, -0.2) is 10.4 Å². The van der Waals surface area contributed by atoms with E-state index in [4.69, 9.17) is 19.4 Å². The maximum Gasteiger partial charge on any atom is 0.324 e. The van der Waals surface area contributed by atoms with Gasteiger partial charge >= 0.3 is 5.97 Å². The minimum Gasteiger partial charge on any atom is -0.464 e. The van der Waals surface area contributed by atoms with Gasteiger partial charge in [-0.05, 0) is 127 Å². The molecule has 17 nitrogen and oxygen atoms in total. The Kier molecular flexibility index (Phi) is 14.5. The number of benzene rings is 1. The van der Waals surface area contributed by atoms with Gasteiger partial charge < -0.3 is 29.2 Å². The number of carbonyl (C=O) groups is 4. The number of piperazine rings is 1. The van der Waals surface area contributed by atoms with Crippen LogP contribution in [0.3, 0.4) is 0 Å². The summed E-state index contributed by atoms with van der Waals surface area (Å²) in [6.07, 6.45) is 14.8. The third kappa shape index (κ3) is 10.6. The molecule has 18 heteroatoms. The summed E-state index contributed by atoms with van der Waals surface area (Å²) in [7, 11) is 1.75. The topological polar surface area (TPSA) is 180 Å². The second kappa shape index (κ2) is 21.4. The number of aryl methyl sites for hydroxylation is 1. The summed E-state index contributed by atoms with van der Waals surface area (Å²) >= 11 is 1.51. The highest BCUT2D eigenvalue weighted by Gasteiger charge is 2.55. The lowest BCUT2D eigenvalue weighted by Crippen LogP contribution is -2.62. The number of amides is 3. The number of methoxy groups -OCH3 is 1. The van der Waals surface area contributed by atoms with Crippen LogP contribution < -0.4 is 21.0 Å². The van der Waals surface area contributed by atoms with Crippen molar-refractivity contribution in [3.63, 3.8) is 0 Å². The molecular weight excluding hydrogens is 1010 g/mol. The van der Waals surface area contributed by atoms with Crippen molar-refractivity contribution in [1.82, 2.24) is 50.3 Å². The summed E-state index contributed by atoms with van der Waals surface area (Å²) in [6.45, 7) is 17.0. The van der Waals surface area contributed by atoms with Crippen molar-refractivity contribution in [2.24, 2.45) is 22.7 Å². The van der Waals surface area contributed by atoms with Gasteiger partial charge in [-0.15, -0.1) is 11.3 Å². The Labute approximate surface area is 469 Å². The molecule has 4 aromatic rings. The number of rotatable bonds is 12. The number of hydrogen-bond acceptors (Lipinski definition) is 14. The second-order valence-corrected chi connectivity index (χ2v) is 26.9. The molecule has 1 spiro atoms. The zero-order chi connectivity index (χ0) is 54.3. The fraction of sp³-hybridized carbons (Fsp3) is 0.672. The summed E-state index contributed by atoms with van der Waals surface area (Å²) in [4.78, 5) is 78.3. The molecule has 1 aromatic carbocycles. The predicted octanol–water partition coefficient (Wildman–Crippen LogP) is 6.72. The highest BCUT2D eigenvalue weighted by Crippen LogP contribution is 2.47. The van der Waals surface area contributed by atoms with Crippen molar-refractivity contribution in [2.45, 2.75) is 166 Å². The first-order valence-corrected chi connectivity index (χ1v) is 31.1.